The van der Waals surface area contributed by atoms with Gasteiger partial charge in [0.05, 0.1) is 39.7 Å². The lowest BCUT2D eigenvalue weighted by Crippen LogP contribution is -2.51. The molecule has 2 aromatic heterocycles. The molecule has 0 aliphatic carbocycles. The van der Waals surface area contributed by atoms with Crippen LogP contribution in [0.15, 0.2) is 12.7 Å². The molecule has 3 rings (SSSR count). The number of nitrogen functional groups attached to an aromatic ring is 1. The van der Waals surface area contributed by atoms with Crippen molar-refractivity contribution < 1.29 is 34.0 Å². The number of carbonyl (C=O) groups excluding carboxylic acids is 2. The van der Waals surface area contributed by atoms with Crippen LogP contribution in [0.2, 0.25) is 0 Å². The number of aliphatic hydroxyl groups excluding tert-OH is 2. The molecule has 1 aliphatic rings. The number of aromatic nitrogens is 4. The summed E-state index contributed by atoms with van der Waals surface area (Å²) >= 11 is 0. The summed E-state index contributed by atoms with van der Waals surface area (Å²) in [6, 6.07) is 0. The molecule has 1 saturated heterocycles. The fourth-order valence-electron chi connectivity index (χ4n) is 3.11. The summed E-state index contributed by atoms with van der Waals surface area (Å²) in [7, 11) is 2.36. The van der Waals surface area contributed by atoms with E-state index in [4.69, 9.17) is 10.5 Å². The van der Waals surface area contributed by atoms with Crippen LogP contribution in [-0.4, -0.2) is 92.3 Å². The number of fused-ring (bicyclic) bond motifs is 1. The summed E-state index contributed by atoms with van der Waals surface area (Å²) < 4.78 is 16.6. The van der Waals surface area contributed by atoms with Gasteiger partial charge >= 0.3 is 11.9 Å². The number of nitrogens with two attached hydrogens (primary N) is 1. The summed E-state index contributed by atoms with van der Waals surface area (Å²) in [5.74, 6) is -1.15. The summed E-state index contributed by atoms with van der Waals surface area (Å²) in [6.45, 7) is -0.802. The Kier molecular flexibility index (Phi) is 6.22. The van der Waals surface area contributed by atoms with Crippen molar-refractivity contribution in [1.29, 1.82) is 0 Å². The van der Waals surface area contributed by atoms with Crippen LogP contribution in [0.25, 0.3) is 11.2 Å². The molecule has 29 heavy (non-hydrogen) atoms. The largest absolute Gasteiger partial charge is 0.468 e. The second kappa shape index (κ2) is 8.65. The van der Waals surface area contributed by atoms with Gasteiger partial charge in [-0.05, 0) is 0 Å². The number of anilines is 1. The quantitative estimate of drug-likeness (QED) is 0.339. The highest BCUT2D eigenvalue weighted by Gasteiger charge is 2.43. The molecule has 1 aliphatic heterocycles. The molecule has 13 nitrogen and oxygen atoms in total. The first-order valence-corrected chi connectivity index (χ1v) is 8.68. The van der Waals surface area contributed by atoms with E-state index in [-0.39, 0.29) is 12.2 Å². The molecule has 1 fully saturated rings. The van der Waals surface area contributed by atoms with E-state index in [1.54, 1.807) is 4.57 Å². The molecule has 0 bridgehead atoms. The van der Waals surface area contributed by atoms with Gasteiger partial charge in [-0.2, -0.15) is 0 Å². The summed E-state index contributed by atoms with van der Waals surface area (Å²) in [4.78, 5) is 36.6. The Hall–Kier alpha value is -2.87. The van der Waals surface area contributed by atoms with E-state index in [1.807, 2.05) is 0 Å². The Morgan fingerprint density at radius 3 is 2.59 bits per heavy atom. The van der Waals surface area contributed by atoms with Gasteiger partial charge in [-0.25, -0.2) is 15.0 Å². The Morgan fingerprint density at radius 1 is 1.31 bits per heavy atom. The zero-order chi connectivity index (χ0) is 21.1. The van der Waals surface area contributed by atoms with Crippen molar-refractivity contribution in [3.8, 4) is 0 Å². The Balaban J connectivity index is 1.79. The molecule has 0 aromatic carbocycles. The van der Waals surface area contributed by atoms with Crippen LogP contribution in [-0.2, 0) is 23.8 Å². The van der Waals surface area contributed by atoms with Crippen molar-refractivity contribution in [3.05, 3.63) is 12.7 Å². The highest BCUT2D eigenvalue weighted by Crippen LogP contribution is 2.33. The molecule has 0 saturated carbocycles. The summed E-state index contributed by atoms with van der Waals surface area (Å²) in [6.07, 6.45) is -1.56. The topological polar surface area (TPSA) is 175 Å². The highest BCUT2D eigenvalue weighted by atomic mass is 16.6. The van der Waals surface area contributed by atoms with Gasteiger partial charge in [0.2, 0.25) is 0 Å². The highest BCUT2D eigenvalue weighted by molar-refractivity contribution is 5.81. The minimum atomic E-state index is -1.48. The molecule has 13 heteroatoms. The van der Waals surface area contributed by atoms with E-state index in [2.05, 4.69) is 24.4 Å². The first-order valence-electron chi connectivity index (χ1n) is 8.68. The number of imidazole rings is 1. The maximum Gasteiger partial charge on any atom is 0.319 e. The maximum atomic E-state index is 11.7. The van der Waals surface area contributed by atoms with Gasteiger partial charge in [-0.1, -0.05) is 0 Å². The van der Waals surface area contributed by atoms with Gasteiger partial charge in [-0.3, -0.25) is 19.1 Å². The number of rotatable bonds is 7. The molecule has 0 radical (unpaired) electrons. The second-order valence-electron chi connectivity index (χ2n) is 6.41. The number of hydrogen-bond acceptors (Lipinski definition) is 12. The van der Waals surface area contributed by atoms with Gasteiger partial charge in [0.25, 0.3) is 0 Å². The number of ether oxygens (including phenoxy) is 3. The third kappa shape index (κ3) is 4.27. The predicted octanol–water partition coefficient (Wildman–Crippen LogP) is -1.98. The van der Waals surface area contributed by atoms with Crippen molar-refractivity contribution in [3.63, 3.8) is 0 Å². The van der Waals surface area contributed by atoms with Gasteiger partial charge in [0.1, 0.15) is 30.4 Å². The summed E-state index contributed by atoms with van der Waals surface area (Å²) in [5.41, 5.74) is 6.57. The average molecular weight is 410 g/mol. The molecule has 4 N–H and O–H groups in total. The number of hydrogen-bond donors (Lipinski definition) is 3. The van der Waals surface area contributed by atoms with Crippen molar-refractivity contribution >= 4 is 28.9 Å². The van der Waals surface area contributed by atoms with E-state index < -0.39 is 49.7 Å². The minimum absolute atomic E-state index is 0.112. The van der Waals surface area contributed by atoms with Crippen LogP contribution < -0.4 is 5.73 Å². The van der Waals surface area contributed by atoms with Crippen LogP contribution in [0.5, 0.6) is 0 Å². The maximum absolute atomic E-state index is 11.7. The van der Waals surface area contributed by atoms with Crippen LogP contribution in [0, 0.1) is 0 Å². The van der Waals surface area contributed by atoms with Crippen molar-refractivity contribution in [2.45, 2.75) is 31.1 Å². The monoisotopic (exact) mass is 410 g/mol. The van der Waals surface area contributed by atoms with Crippen molar-refractivity contribution in [1.82, 2.24) is 24.4 Å². The molecular formula is C16H22N6O7. The predicted molar refractivity (Wildman–Crippen MR) is 95.9 cm³/mol. The van der Waals surface area contributed by atoms with E-state index >= 15 is 0 Å². The number of aliphatic hydroxyl groups is 2. The number of methoxy groups -OCH3 is 2. The van der Waals surface area contributed by atoms with Crippen molar-refractivity contribution in [2.75, 3.05) is 33.0 Å². The van der Waals surface area contributed by atoms with Crippen LogP contribution >= 0.6 is 0 Å². The third-order valence-corrected chi connectivity index (χ3v) is 4.62. The van der Waals surface area contributed by atoms with Crippen molar-refractivity contribution in [2.24, 2.45) is 0 Å². The first kappa shape index (κ1) is 20.9. The fourth-order valence-corrected chi connectivity index (χ4v) is 3.11. The van der Waals surface area contributed by atoms with Gasteiger partial charge < -0.3 is 30.2 Å². The second-order valence-corrected chi connectivity index (χ2v) is 6.41. The zero-order valence-electron chi connectivity index (χ0n) is 15.8. The Morgan fingerprint density at radius 2 is 1.97 bits per heavy atom. The first-order chi connectivity index (χ1) is 13.8. The molecule has 158 valence electrons. The van der Waals surface area contributed by atoms with Crippen LogP contribution in [0.1, 0.15) is 12.6 Å². The van der Waals surface area contributed by atoms with Gasteiger partial charge in [0, 0.05) is 6.42 Å². The number of esters is 2. The molecule has 3 heterocycles. The lowest BCUT2D eigenvalue weighted by atomic mass is 10.1. The van der Waals surface area contributed by atoms with E-state index in [9.17, 15) is 19.8 Å². The number of nitrogens with zero attached hydrogens (tertiary/aromatic N) is 5. The Labute approximate surface area is 165 Å². The Bertz CT molecular complexity index is 872. The standard InChI is InChI=1S/C16H22N6O7/c1-27-10(24)4-21(5-11(25)28-2)16(26)13-8(23)3-9(29-13)22-7-20-12-14(17)18-6-19-15(12)22/h6-9,13,16,23,26H,3-5H2,1-2H3,(H2,17,18,19)/t8-,9+,13-,16?/m0/s1. The minimum Gasteiger partial charge on any atom is -0.468 e. The molecule has 2 aromatic rings. The molecule has 4 atom stereocenters. The third-order valence-electron chi connectivity index (χ3n) is 4.62. The lowest BCUT2D eigenvalue weighted by molar-refractivity contribution is -0.165. The molecular weight excluding hydrogens is 388 g/mol. The van der Waals surface area contributed by atoms with Crippen LogP contribution in [0.4, 0.5) is 5.82 Å². The zero-order valence-corrected chi connectivity index (χ0v) is 15.8. The van der Waals surface area contributed by atoms with Gasteiger partial charge in [0.15, 0.2) is 11.5 Å². The molecule has 0 spiro atoms. The average Bonchev–Trinajstić information content (AvgIpc) is 3.30. The molecule has 0 amide bonds. The lowest BCUT2D eigenvalue weighted by Gasteiger charge is -2.30. The van der Waals surface area contributed by atoms with Gasteiger partial charge in [-0.15, -0.1) is 0 Å². The SMILES string of the molecule is COC(=O)CN(CC(=O)OC)C(O)[C@H]1O[C@@H](n2cnc3c(N)ncnc32)C[C@@H]1O. The fraction of sp³-hybridized carbons (Fsp3) is 0.562. The molecule has 1 unspecified atom stereocenters. The van der Waals surface area contributed by atoms with E-state index in [0.717, 1.165) is 4.90 Å². The van der Waals surface area contributed by atoms with Crippen LogP contribution in [0.3, 0.4) is 0 Å². The smallest absolute Gasteiger partial charge is 0.319 e. The number of carbonyl (C=O) groups is 2. The summed E-state index contributed by atoms with van der Waals surface area (Å²) in [5, 5.41) is 21.1. The normalized spacial score (nSPS) is 22.7. The van der Waals surface area contributed by atoms with E-state index in [1.165, 1.54) is 26.9 Å². The van der Waals surface area contributed by atoms with E-state index in [0.29, 0.717) is 11.2 Å².